The summed E-state index contributed by atoms with van der Waals surface area (Å²) in [5.41, 5.74) is 1.69. The van der Waals surface area contributed by atoms with Crippen LogP contribution in [0.4, 0.5) is 5.82 Å². The summed E-state index contributed by atoms with van der Waals surface area (Å²) in [6.45, 7) is 3.49. The van der Waals surface area contributed by atoms with Crippen molar-refractivity contribution in [2.45, 2.75) is 20.0 Å². The fraction of sp³-hybridized carbons (Fsp3) is 0.176. The van der Waals surface area contributed by atoms with Gasteiger partial charge in [-0.15, -0.1) is 5.10 Å². The Hall–Kier alpha value is -3.22. The van der Waals surface area contributed by atoms with Crippen LogP contribution in [-0.4, -0.2) is 31.8 Å². The minimum Gasteiger partial charge on any atom is -0.449 e. The van der Waals surface area contributed by atoms with Crippen molar-refractivity contribution in [1.82, 2.24) is 19.7 Å². The van der Waals surface area contributed by atoms with Crippen molar-refractivity contribution in [3.8, 4) is 11.7 Å². The molecule has 0 aliphatic rings. The summed E-state index contributed by atoms with van der Waals surface area (Å²) in [5.74, 6) is 0.169. The Morgan fingerprint density at radius 2 is 1.96 bits per heavy atom. The molecular formula is C17H17N5O2. The first kappa shape index (κ1) is 15.7. The Kier molecular flexibility index (Phi) is 4.51. The molecule has 3 aromatic rings. The molecule has 0 saturated heterocycles. The Bertz CT molecular complexity index is 832. The van der Waals surface area contributed by atoms with Gasteiger partial charge in [0.1, 0.15) is 12.1 Å². The molecule has 7 heteroatoms. The van der Waals surface area contributed by atoms with Crippen LogP contribution in [0.1, 0.15) is 12.6 Å². The van der Waals surface area contributed by atoms with E-state index in [9.17, 15) is 4.79 Å². The molecule has 0 saturated carbocycles. The van der Waals surface area contributed by atoms with E-state index in [2.05, 4.69) is 20.4 Å². The number of amides is 1. The Morgan fingerprint density at radius 3 is 2.71 bits per heavy atom. The second-order valence-corrected chi connectivity index (χ2v) is 5.22. The number of aryl methyl sites for hydroxylation is 1. The first-order valence-corrected chi connectivity index (χ1v) is 7.50. The number of carbonyl (C=O) groups excluding carboxylic acids is 1. The van der Waals surface area contributed by atoms with Gasteiger partial charge >= 0.3 is 6.01 Å². The minimum atomic E-state index is -0.751. The molecule has 0 aliphatic heterocycles. The van der Waals surface area contributed by atoms with E-state index in [-0.39, 0.29) is 11.9 Å². The van der Waals surface area contributed by atoms with Gasteiger partial charge in [-0.1, -0.05) is 24.3 Å². The zero-order valence-corrected chi connectivity index (χ0v) is 13.4. The molecule has 1 N–H and O–H groups in total. The second-order valence-electron chi connectivity index (χ2n) is 5.22. The predicted molar refractivity (Wildman–Crippen MR) is 89.1 cm³/mol. The van der Waals surface area contributed by atoms with E-state index < -0.39 is 6.10 Å². The van der Waals surface area contributed by atoms with Crippen molar-refractivity contribution in [3.05, 3.63) is 60.6 Å². The SMILES string of the molecule is Cc1cccc(NC(=O)C(C)Oc2ncn(-c3ccccc3)n2)n1. The number of para-hydroxylation sites is 1. The van der Waals surface area contributed by atoms with E-state index in [4.69, 9.17) is 4.74 Å². The molecule has 0 radical (unpaired) electrons. The van der Waals surface area contributed by atoms with E-state index in [1.54, 1.807) is 17.7 Å². The average Bonchev–Trinajstić information content (AvgIpc) is 3.04. The molecule has 1 unspecified atom stereocenters. The quantitative estimate of drug-likeness (QED) is 0.779. The number of hydrogen-bond donors (Lipinski definition) is 1. The lowest BCUT2D eigenvalue weighted by molar-refractivity contribution is -0.122. The van der Waals surface area contributed by atoms with Gasteiger partial charge in [-0.05, 0) is 38.1 Å². The highest BCUT2D eigenvalue weighted by Crippen LogP contribution is 2.11. The topological polar surface area (TPSA) is 81.9 Å². The van der Waals surface area contributed by atoms with Gasteiger partial charge in [-0.2, -0.15) is 4.98 Å². The lowest BCUT2D eigenvalue weighted by atomic mass is 10.3. The van der Waals surface area contributed by atoms with E-state index in [0.29, 0.717) is 5.82 Å². The van der Waals surface area contributed by atoms with Crippen molar-refractivity contribution in [2.75, 3.05) is 5.32 Å². The summed E-state index contributed by atoms with van der Waals surface area (Å²) >= 11 is 0. The summed E-state index contributed by atoms with van der Waals surface area (Å²) in [4.78, 5) is 20.5. The standard InChI is InChI=1S/C17H17N5O2/c1-12-7-6-10-15(19-12)20-16(23)13(2)24-17-18-11-22(21-17)14-8-4-3-5-9-14/h3-11,13H,1-2H3,(H,19,20,23). The van der Waals surface area contributed by atoms with Gasteiger partial charge in [-0.3, -0.25) is 4.79 Å². The van der Waals surface area contributed by atoms with Crippen molar-refractivity contribution < 1.29 is 9.53 Å². The van der Waals surface area contributed by atoms with Crippen LogP contribution in [-0.2, 0) is 4.79 Å². The third kappa shape index (κ3) is 3.75. The normalized spacial score (nSPS) is 11.8. The highest BCUT2D eigenvalue weighted by molar-refractivity contribution is 5.93. The summed E-state index contributed by atoms with van der Waals surface area (Å²) < 4.78 is 7.08. The number of aromatic nitrogens is 4. The third-order valence-corrected chi connectivity index (χ3v) is 3.28. The van der Waals surface area contributed by atoms with Gasteiger partial charge in [0, 0.05) is 5.69 Å². The van der Waals surface area contributed by atoms with Gasteiger partial charge in [0.05, 0.1) is 5.69 Å². The Morgan fingerprint density at radius 1 is 1.17 bits per heavy atom. The van der Waals surface area contributed by atoms with Crippen molar-refractivity contribution in [2.24, 2.45) is 0 Å². The molecular weight excluding hydrogens is 306 g/mol. The van der Waals surface area contributed by atoms with Crippen LogP contribution in [0.2, 0.25) is 0 Å². The summed E-state index contributed by atoms with van der Waals surface area (Å²) in [6, 6.07) is 15.1. The van der Waals surface area contributed by atoms with Crippen LogP contribution in [0.15, 0.2) is 54.9 Å². The average molecular weight is 323 g/mol. The third-order valence-electron chi connectivity index (χ3n) is 3.28. The number of nitrogens with zero attached hydrogens (tertiary/aromatic N) is 4. The molecule has 1 aromatic carbocycles. The lowest BCUT2D eigenvalue weighted by Gasteiger charge is -2.11. The number of nitrogens with one attached hydrogen (secondary N) is 1. The maximum Gasteiger partial charge on any atom is 0.336 e. The fourth-order valence-corrected chi connectivity index (χ4v) is 2.06. The largest absolute Gasteiger partial charge is 0.449 e. The smallest absolute Gasteiger partial charge is 0.336 e. The van der Waals surface area contributed by atoms with Crippen LogP contribution >= 0.6 is 0 Å². The monoisotopic (exact) mass is 323 g/mol. The first-order chi connectivity index (χ1) is 11.6. The van der Waals surface area contributed by atoms with Crippen LogP contribution in [0.25, 0.3) is 5.69 Å². The number of ether oxygens (including phenoxy) is 1. The maximum absolute atomic E-state index is 12.2. The fourth-order valence-electron chi connectivity index (χ4n) is 2.06. The van der Waals surface area contributed by atoms with Crippen LogP contribution < -0.4 is 10.1 Å². The molecule has 122 valence electrons. The Balaban J connectivity index is 1.63. The molecule has 0 fully saturated rings. The van der Waals surface area contributed by atoms with Crippen molar-refractivity contribution in [1.29, 1.82) is 0 Å². The van der Waals surface area contributed by atoms with Gasteiger partial charge < -0.3 is 10.1 Å². The first-order valence-electron chi connectivity index (χ1n) is 7.50. The molecule has 0 spiro atoms. The summed E-state index contributed by atoms with van der Waals surface area (Å²) in [7, 11) is 0. The molecule has 0 aliphatic carbocycles. The highest BCUT2D eigenvalue weighted by atomic mass is 16.5. The summed E-state index contributed by atoms with van der Waals surface area (Å²) in [5, 5.41) is 6.92. The van der Waals surface area contributed by atoms with Crippen LogP contribution in [0.3, 0.4) is 0 Å². The molecule has 2 heterocycles. The van der Waals surface area contributed by atoms with Crippen molar-refractivity contribution in [3.63, 3.8) is 0 Å². The van der Waals surface area contributed by atoms with Crippen LogP contribution in [0, 0.1) is 6.92 Å². The number of carbonyl (C=O) groups is 1. The maximum atomic E-state index is 12.2. The molecule has 24 heavy (non-hydrogen) atoms. The zero-order valence-electron chi connectivity index (χ0n) is 13.4. The highest BCUT2D eigenvalue weighted by Gasteiger charge is 2.17. The van der Waals surface area contributed by atoms with E-state index in [1.807, 2.05) is 49.4 Å². The van der Waals surface area contributed by atoms with E-state index in [1.165, 1.54) is 6.33 Å². The van der Waals surface area contributed by atoms with Gasteiger partial charge in [0.2, 0.25) is 0 Å². The molecule has 0 bridgehead atoms. The minimum absolute atomic E-state index is 0.138. The molecule has 1 atom stereocenters. The molecule has 7 nitrogen and oxygen atoms in total. The van der Waals surface area contributed by atoms with Gasteiger partial charge in [0.25, 0.3) is 5.91 Å². The molecule has 1 amide bonds. The number of rotatable bonds is 5. The van der Waals surface area contributed by atoms with Crippen molar-refractivity contribution >= 4 is 11.7 Å². The van der Waals surface area contributed by atoms with E-state index >= 15 is 0 Å². The number of anilines is 1. The van der Waals surface area contributed by atoms with Gasteiger partial charge in [-0.25, -0.2) is 9.67 Å². The number of benzene rings is 1. The van der Waals surface area contributed by atoms with Gasteiger partial charge in [0.15, 0.2) is 6.10 Å². The second kappa shape index (κ2) is 6.91. The lowest BCUT2D eigenvalue weighted by Crippen LogP contribution is -2.30. The molecule has 2 aromatic heterocycles. The molecule has 3 rings (SSSR count). The predicted octanol–water partition coefficient (Wildman–Crippen LogP) is 2.38. The Labute approximate surface area is 139 Å². The number of pyridine rings is 1. The zero-order chi connectivity index (χ0) is 16.9. The van der Waals surface area contributed by atoms with E-state index in [0.717, 1.165) is 11.4 Å². The number of hydrogen-bond acceptors (Lipinski definition) is 5. The summed E-state index contributed by atoms with van der Waals surface area (Å²) in [6.07, 6.45) is 0.788. The van der Waals surface area contributed by atoms with Crippen LogP contribution in [0.5, 0.6) is 6.01 Å².